The quantitative estimate of drug-likeness (QED) is 0.567. The van der Waals surface area contributed by atoms with E-state index in [1.54, 1.807) is 48.9 Å². The number of nitrogens with zero attached hydrogens (tertiary/aromatic N) is 3. The Kier molecular flexibility index (Phi) is 5.09. The first-order valence-corrected chi connectivity index (χ1v) is 9.72. The molecule has 3 aromatic rings. The molecule has 1 aromatic heterocycles. The Morgan fingerprint density at radius 1 is 1.00 bits per heavy atom. The molecule has 0 saturated heterocycles. The molecule has 30 heavy (non-hydrogen) atoms. The molecule has 1 aliphatic heterocycles. The fourth-order valence-electron chi connectivity index (χ4n) is 3.33. The molecule has 0 N–H and O–H groups in total. The first-order chi connectivity index (χ1) is 14.3. The number of fused-ring (bicyclic) bond motifs is 1. The predicted octanol–water partition coefficient (Wildman–Crippen LogP) is 4.09. The van der Waals surface area contributed by atoms with Crippen molar-refractivity contribution in [2.45, 2.75) is 20.3 Å². The minimum Gasteiger partial charge on any atom is -0.329 e. The van der Waals surface area contributed by atoms with Crippen LogP contribution < -0.4 is 0 Å². The number of benzene rings is 2. The third kappa shape index (κ3) is 3.36. The van der Waals surface area contributed by atoms with Gasteiger partial charge in [-0.25, -0.2) is 9.48 Å². The molecule has 152 valence electrons. The summed E-state index contributed by atoms with van der Waals surface area (Å²) in [6.45, 7) is 3.55. The summed E-state index contributed by atoms with van der Waals surface area (Å²) in [6.07, 6.45) is -0.160. The highest BCUT2D eigenvalue weighted by molar-refractivity contribution is 6.42. The minimum absolute atomic E-state index is 0.160. The van der Waals surface area contributed by atoms with E-state index in [4.69, 9.17) is 28.0 Å². The zero-order valence-corrected chi connectivity index (χ0v) is 17.5. The minimum atomic E-state index is -0.746. The molecular weight excluding hydrogens is 429 g/mol. The van der Waals surface area contributed by atoms with Crippen LogP contribution in [0.15, 0.2) is 42.5 Å². The van der Waals surface area contributed by atoms with Gasteiger partial charge in [0.05, 0.1) is 39.0 Å². The van der Waals surface area contributed by atoms with Gasteiger partial charge in [0, 0.05) is 11.3 Å². The molecule has 0 atom stereocenters. The Bertz CT molecular complexity index is 1180. The number of carbonyl (C=O) groups is 3. The number of hydrogen-bond acceptors (Lipinski definition) is 5. The van der Waals surface area contributed by atoms with Crippen LogP contribution in [0, 0.1) is 13.8 Å². The maximum absolute atomic E-state index is 12.5. The van der Waals surface area contributed by atoms with E-state index in [0.717, 1.165) is 0 Å². The van der Waals surface area contributed by atoms with E-state index in [-0.39, 0.29) is 17.5 Å². The van der Waals surface area contributed by atoms with Gasteiger partial charge in [-0.3, -0.25) is 9.59 Å². The maximum Gasteiger partial charge on any atom is 0.337 e. The average Bonchev–Trinajstić information content (AvgIpc) is 3.13. The number of hydrogen-bond donors (Lipinski definition) is 0. The highest BCUT2D eigenvalue weighted by Gasteiger charge is 2.38. The topological polar surface area (TPSA) is 81.5 Å². The molecule has 9 heteroatoms. The monoisotopic (exact) mass is 443 g/mol. The number of aryl methyl sites for hydroxylation is 1. The van der Waals surface area contributed by atoms with Gasteiger partial charge >= 0.3 is 5.97 Å². The number of carbonyl (C=O) groups excluding carboxylic acids is 3. The third-order valence-corrected chi connectivity index (χ3v) is 5.60. The van der Waals surface area contributed by atoms with E-state index in [9.17, 15) is 14.4 Å². The summed E-state index contributed by atoms with van der Waals surface area (Å²) in [5.41, 5.74) is 3.03. The normalized spacial score (nSPS) is 13.0. The molecule has 0 radical (unpaired) electrons. The lowest BCUT2D eigenvalue weighted by molar-refractivity contribution is -0.167. The van der Waals surface area contributed by atoms with E-state index < -0.39 is 17.8 Å². The van der Waals surface area contributed by atoms with E-state index in [0.29, 0.717) is 37.7 Å². The van der Waals surface area contributed by atoms with Crippen molar-refractivity contribution in [1.29, 1.82) is 0 Å². The molecular formula is C21H15Cl2N3O4. The van der Waals surface area contributed by atoms with Gasteiger partial charge in [-0.1, -0.05) is 40.4 Å². The van der Waals surface area contributed by atoms with Crippen molar-refractivity contribution in [3.8, 4) is 5.69 Å². The van der Waals surface area contributed by atoms with Crippen LogP contribution in [0.3, 0.4) is 0 Å². The molecule has 4 rings (SSSR count). The Balaban J connectivity index is 1.55. The molecule has 0 saturated carbocycles. The third-order valence-electron chi connectivity index (χ3n) is 4.86. The summed E-state index contributed by atoms with van der Waals surface area (Å²) in [7, 11) is 0. The van der Waals surface area contributed by atoms with Crippen molar-refractivity contribution >= 4 is 41.0 Å². The van der Waals surface area contributed by atoms with Crippen LogP contribution in [0.25, 0.3) is 5.69 Å². The van der Waals surface area contributed by atoms with Crippen LogP contribution in [0.5, 0.6) is 0 Å². The summed E-state index contributed by atoms with van der Waals surface area (Å²) in [6, 6.07) is 11.4. The number of amides is 2. The lowest BCUT2D eigenvalue weighted by Gasteiger charge is -2.13. The summed E-state index contributed by atoms with van der Waals surface area (Å²) >= 11 is 12.1. The Labute approximate surface area is 181 Å². The van der Waals surface area contributed by atoms with Crippen LogP contribution in [-0.2, 0) is 16.1 Å². The molecule has 2 heterocycles. The molecule has 7 nitrogen and oxygen atoms in total. The predicted molar refractivity (Wildman–Crippen MR) is 110 cm³/mol. The van der Waals surface area contributed by atoms with Crippen LogP contribution >= 0.6 is 23.2 Å². The SMILES string of the molecule is Cc1nn(-c2ccc(Cl)c(Cl)c2)c(C)c1CC(=O)ON1C(=O)c2ccccc2C1=O. The van der Waals surface area contributed by atoms with Crippen molar-refractivity contribution in [1.82, 2.24) is 14.8 Å². The van der Waals surface area contributed by atoms with Crippen LogP contribution in [-0.4, -0.2) is 32.6 Å². The fourth-order valence-corrected chi connectivity index (χ4v) is 3.62. The van der Waals surface area contributed by atoms with Crippen molar-refractivity contribution in [2.75, 3.05) is 0 Å². The van der Waals surface area contributed by atoms with E-state index >= 15 is 0 Å². The summed E-state index contributed by atoms with van der Waals surface area (Å²) in [5.74, 6) is -2.07. The molecule has 0 fully saturated rings. The summed E-state index contributed by atoms with van der Waals surface area (Å²) < 4.78 is 1.64. The van der Waals surface area contributed by atoms with Crippen molar-refractivity contribution < 1.29 is 19.2 Å². The first kappa shape index (κ1) is 20.1. The first-order valence-electron chi connectivity index (χ1n) is 8.97. The van der Waals surface area contributed by atoms with Gasteiger partial charge in [0.2, 0.25) is 0 Å². The highest BCUT2D eigenvalue weighted by atomic mass is 35.5. The van der Waals surface area contributed by atoms with Gasteiger partial charge in [-0.15, -0.1) is 0 Å². The smallest absolute Gasteiger partial charge is 0.329 e. The zero-order chi connectivity index (χ0) is 21.6. The Hall–Kier alpha value is -3.16. The molecule has 0 unspecified atom stereocenters. The van der Waals surface area contributed by atoms with Crippen molar-refractivity contribution in [3.05, 3.63) is 80.6 Å². The van der Waals surface area contributed by atoms with Crippen LogP contribution in [0.1, 0.15) is 37.7 Å². The van der Waals surface area contributed by atoms with Crippen LogP contribution in [0.2, 0.25) is 10.0 Å². The lowest BCUT2D eigenvalue weighted by atomic mass is 10.1. The Morgan fingerprint density at radius 3 is 2.23 bits per heavy atom. The number of halogens is 2. The highest BCUT2D eigenvalue weighted by Crippen LogP contribution is 2.27. The number of hydroxylamine groups is 2. The molecule has 0 aliphatic carbocycles. The van der Waals surface area contributed by atoms with Gasteiger partial charge < -0.3 is 4.84 Å². The molecule has 2 amide bonds. The van der Waals surface area contributed by atoms with Gasteiger partial charge in [-0.05, 0) is 44.2 Å². The molecule has 1 aliphatic rings. The Morgan fingerprint density at radius 2 is 1.63 bits per heavy atom. The van der Waals surface area contributed by atoms with Gasteiger partial charge in [0.15, 0.2) is 0 Å². The fraction of sp³-hybridized carbons (Fsp3) is 0.143. The van der Waals surface area contributed by atoms with E-state index in [2.05, 4.69) is 5.10 Å². The summed E-state index contributed by atoms with van der Waals surface area (Å²) in [4.78, 5) is 42.3. The van der Waals surface area contributed by atoms with Gasteiger partial charge in [0.1, 0.15) is 0 Å². The second-order valence-corrected chi connectivity index (χ2v) is 7.56. The average molecular weight is 444 g/mol. The molecule has 0 bridgehead atoms. The van der Waals surface area contributed by atoms with Gasteiger partial charge in [-0.2, -0.15) is 5.10 Å². The van der Waals surface area contributed by atoms with Gasteiger partial charge in [0.25, 0.3) is 11.8 Å². The van der Waals surface area contributed by atoms with E-state index in [1.165, 1.54) is 12.1 Å². The molecule has 2 aromatic carbocycles. The number of aromatic nitrogens is 2. The maximum atomic E-state index is 12.5. The zero-order valence-electron chi connectivity index (χ0n) is 16.0. The standard InChI is InChI=1S/C21H15Cl2N3O4/c1-11-16(12(2)25(24-11)13-7-8-17(22)18(23)9-13)10-19(27)30-26-20(28)14-5-3-4-6-15(14)21(26)29/h3-9H,10H2,1-2H3. The number of imide groups is 1. The summed E-state index contributed by atoms with van der Waals surface area (Å²) in [5, 5.41) is 5.76. The van der Waals surface area contributed by atoms with Crippen molar-refractivity contribution in [3.63, 3.8) is 0 Å². The number of rotatable bonds is 4. The largest absolute Gasteiger partial charge is 0.337 e. The van der Waals surface area contributed by atoms with E-state index in [1.807, 2.05) is 0 Å². The second kappa shape index (κ2) is 7.59. The lowest BCUT2D eigenvalue weighted by Crippen LogP contribution is -2.33. The molecule has 0 spiro atoms. The van der Waals surface area contributed by atoms with Crippen molar-refractivity contribution in [2.24, 2.45) is 0 Å². The second-order valence-electron chi connectivity index (χ2n) is 6.75. The van der Waals surface area contributed by atoms with Crippen LogP contribution in [0.4, 0.5) is 0 Å².